The van der Waals surface area contributed by atoms with E-state index in [0.29, 0.717) is 11.8 Å². The van der Waals surface area contributed by atoms with Crippen LogP contribution in [0.3, 0.4) is 0 Å². The molecule has 5 aromatic carbocycles. The van der Waals surface area contributed by atoms with E-state index in [9.17, 15) is 0 Å². The van der Waals surface area contributed by atoms with E-state index < -0.39 is 8.07 Å². The predicted octanol–water partition coefficient (Wildman–Crippen LogP) is 14.2. The summed E-state index contributed by atoms with van der Waals surface area (Å²) in [5, 5.41) is 4.04. The number of thiophene rings is 1. The summed E-state index contributed by atoms with van der Waals surface area (Å²) in [7, 11) is -1.34. The maximum Gasteiger partial charge on any atom is 0.0799 e. The van der Waals surface area contributed by atoms with Crippen molar-refractivity contribution in [3.05, 3.63) is 174 Å². The van der Waals surface area contributed by atoms with E-state index in [1.807, 2.05) is 35.7 Å². The second kappa shape index (κ2) is 17.5. The molecule has 8 aromatic rings. The molecule has 3 aromatic heterocycles. The normalized spacial score (nSPS) is 12.2. The summed E-state index contributed by atoms with van der Waals surface area (Å²) in [4.78, 5) is 9.38. The van der Waals surface area contributed by atoms with Gasteiger partial charge in [0.1, 0.15) is 0 Å². The maximum atomic E-state index is 4.72. The number of aromatic nitrogens is 2. The minimum atomic E-state index is -1.34. The molecule has 0 bridgehead atoms. The Kier molecular flexibility index (Phi) is 13.0. The van der Waals surface area contributed by atoms with Crippen molar-refractivity contribution in [3.63, 3.8) is 0 Å². The first-order valence-corrected chi connectivity index (χ1v) is 24.1. The first-order valence-electron chi connectivity index (χ1n) is 19.7. The van der Waals surface area contributed by atoms with Gasteiger partial charge in [0.2, 0.25) is 0 Å². The number of hydrogen-bond donors (Lipinski definition) is 0. The molecule has 1 radical (unpaired) electrons. The molecule has 291 valence electrons. The third-order valence-corrected chi connectivity index (χ3v) is 13.9. The quantitative estimate of drug-likeness (QED) is 0.117. The van der Waals surface area contributed by atoms with Crippen LogP contribution in [-0.4, -0.2) is 18.0 Å². The van der Waals surface area contributed by atoms with E-state index in [2.05, 4.69) is 194 Å². The Morgan fingerprint density at radius 2 is 1.39 bits per heavy atom. The second-order valence-electron chi connectivity index (χ2n) is 17.2. The van der Waals surface area contributed by atoms with Gasteiger partial charge in [-0.2, -0.15) is 11.3 Å². The van der Waals surface area contributed by atoms with Gasteiger partial charge in [-0.05, 0) is 71.9 Å². The molecular formula is C52H52IrN2SSi-2. The molecular weight excluding hydrogens is 905 g/mol. The smallest absolute Gasteiger partial charge is 0.0799 e. The number of rotatable bonds is 7. The summed E-state index contributed by atoms with van der Waals surface area (Å²) in [6.45, 7) is 20.7. The molecule has 0 aliphatic rings. The molecule has 0 spiro atoms. The SMILES string of the molecule is CC(C)c1cc(-c2[c-]cccc2)ncc1[Si](C)(C)C.CC(c1ccccc1)c1ccnc(-c2[c-]cc3sc4c(-c5ccc(C(C)(C)C)cc5)cccc4c3c2)c1.[Ir]. The molecule has 0 fully saturated rings. The molecule has 2 nitrogen and oxygen atoms in total. The van der Waals surface area contributed by atoms with Crippen molar-refractivity contribution in [2.45, 2.75) is 78.4 Å². The van der Waals surface area contributed by atoms with Crippen molar-refractivity contribution < 1.29 is 20.1 Å². The van der Waals surface area contributed by atoms with Gasteiger partial charge in [0.15, 0.2) is 0 Å². The number of pyridine rings is 2. The topological polar surface area (TPSA) is 25.8 Å². The van der Waals surface area contributed by atoms with Crippen LogP contribution >= 0.6 is 11.3 Å². The van der Waals surface area contributed by atoms with Crippen LogP contribution in [-0.2, 0) is 25.5 Å². The zero-order valence-electron chi connectivity index (χ0n) is 34.6. The van der Waals surface area contributed by atoms with E-state index in [0.717, 1.165) is 22.5 Å². The minimum absolute atomic E-state index is 0. The van der Waals surface area contributed by atoms with Crippen LogP contribution in [0.1, 0.15) is 75.6 Å². The Morgan fingerprint density at radius 3 is 2.05 bits per heavy atom. The van der Waals surface area contributed by atoms with Crippen LogP contribution in [0.5, 0.6) is 0 Å². The van der Waals surface area contributed by atoms with E-state index in [4.69, 9.17) is 4.98 Å². The van der Waals surface area contributed by atoms with E-state index in [-0.39, 0.29) is 25.5 Å². The Labute approximate surface area is 358 Å². The van der Waals surface area contributed by atoms with Crippen LogP contribution in [0, 0.1) is 12.1 Å². The third kappa shape index (κ3) is 9.45. The molecule has 1 atom stereocenters. The van der Waals surface area contributed by atoms with Crippen LogP contribution in [0.15, 0.2) is 140 Å². The van der Waals surface area contributed by atoms with Crippen molar-refractivity contribution >= 4 is 44.8 Å². The molecule has 0 N–H and O–H groups in total. The largest absolute Gasteiger partial charge is 0.305 e. The molecule has 0 saturated heterocycles. The first kappa shape index (κ1) is 42.1. The second-order valence-corrected chi connectivity index (χ2v) is 23.3. The van der Waals surface area contributed by atoms with Gasteiger partial charge in [0, 0.05) is 43.1 Å². The van der Waals surface area contributed by atoms with Crippen molar-refractivity contribution in [2.24, 2.45) is 0 Å². The molecule has 0 saturated carbocycles. The molecule has 3 heterocycles. The van der Waals surface area contributed by atoms with Crippen LogP contribution in [0.25, 0.3) is 53.8 Å². The summed E-state index contributed by atoms with van der Waals surface area (Å²) in [6, 6.07) is 52.2. The van der Waals surface area contributed by atoms with Gasteiger partial charge in [-0.1, -0.05) is 157 Å². The van der Waals surface area contributed by atoms with Crippen LogP contribution in [0.4, 0.5) is 0 Å². The summed E-state index contributed by atoms with van der Waals surface area (Å²) in [5.74, 6) is 0.841. The van der Waals surface area contributed by atoms with E-state index in [1.54, 1.807) is 0 Å². The molecule has 5 heteroatoms. The predicted molar refractivity (Wildman–Crippen MR) is 245 cm³/mol. The third-order valence-electron chi connectivity index (χ3n) is 10.7. The maximum absolute atomic E-state index is 4.72. The standard InChI is InChI=1S/C35H30NS.C17H22NSi.Ir/c1-23(24-9-6-5-7-10-24)26-19-20-36-32(22-26)27-15-18-33-31(21-27)30-12-8-11-29(34(30)37-33)25-13-16-28(17-14-25)35(2,3)4;1-13(2)15-11-16(14-9-7-6-8-10-14)18-12-17(15)19(3,4)5;/h5-14,16-23H,1-4H3;6-9,11-13H,1-5H3;/q2*-1;. The monoisotopic (exact) mass is 957 g/mol. The fourth-order valence-corrected chi connectivity index (χ4v) is 10.2. The Hall–Kier alpha value is -4.51. The average Bonchev–Trinajstić information content (AvgIpc) is 3.59. The summed E-state index contributed by atoms with van der Waals surface area (Å²) in [5.41, 5.74) is 12.2. The van der Waals surface area contributed by atoms with Crippen molar-refractivity contribution in [1.82, 2.24) is 9.97 Å². The van der Waals surface area contributed by atoms with Gasteiger partial charge in [0.25, 0.3) is 0 Å². The molecule has 1 unspecified atom stereocenters. The zero-order chi connectivity index (χ0) is 39.6. The van der Waals surface area contributed by atoms with Gasteiger partial charge >= 0.3 is 0 Å². The van der Waals surface area contributed by atoms with Crippen molar-refractivity contribution in [1.29, 1.82) is 0 Å². The van der Waals surface area contributed by atoms with Crippen molar-refractivity contribution in [2.75, 3.05) is 0 Å². The molecule has 0 aliphatic carbocycles. The number of hydrogen-bond acceptors (Lipinski definition) is 3. The first-order chi connectivity index (χ1) is 26.8. The molecule has 0 amide bonds. The number of benzene rings is 5. The van der Waals surface area contributed by atoms with Gasteiger partial charge in [-0.25, -0.2) is 0 Å². The van der Waals surface area contributed by atoms with Gasteiger partial charge < -0.3 is 9.97 Å². The Bertz CT molecular complexity index is 2580. The fourth-order valence-electron chi connectivity index (χ4n) is 7.34. The van der Waals surface area contributed by atoms with Gasteiger partial charge in [0.05, 0.1) is 8.07 Å². The van der Waals surface area contributed by atoms with E-state index in [1.165, 1.54) is 58.7 Å². The van der Waals surface area contributed by atoms with Crippen LogP contribution in [0.2, 0.25) is 19.6 Å². The number of fused-ring (bicyclic) bond motifs is 3. The molecule has 8 rings (SSSR count). The van der Waals surface area contributed by atoms with E-state index >= 15 is 0 Å². The fraction of sp³-hybridized carbons (Fsp3) is 0.231. The van der Waals surface area contributed by atoms with Crippen LogP contribution < -0.4 is 5.19 Å². The van der Waals surface area contributed by atoms with Crippen molar-refractivity contribution in [3.8, 4) is 33.6 Å². The zero-order valence-corrected chi connectivity index (χ0v) is 38.8. The average molecular weight is 957 g/mol. The summed E-state index contributed by atoms with van der Waals surface area (Å²) < 4.78 is 2.58. The summed E-state index contributed by atoms with van der Waals surface area (Å²) in [6.07, 6.45) is 4.02. The Balaban J connectivity index is 0.000000233. The van der Waals surface area contributed by atoms with Gasteiger partial charge in [-0.15, -0.1) is 59.7 Å². The minimum Gasteiger partial charge on any atom is -0.305 e. The summed E-state index contributed by atoms with van der Waals surface area (Å²) >= 11 is 1.85. The Morgan fingerprint density at radius 1 is 0.667 bits per heavy atom. The number of nitrogens with zero attached hydrogens (tertiary/aromatic N) is 2. The molecule has 0 aliphatic heterocycles. The van der Waals surface area contributed by atoms with Gasteiger partial charge in [-0.3, -0.25) is 0 Å². The molecule has 57 heavy (non-hydrogen) atoms.